The van der Waals surface area contributed by atoms with E-state index in [-0.39, 0.29) is 5.92 Å². The Hall–Kier alpha value is -2.91. The fourth-order valence-corrected chi connectivity index (χ4v) is 2.37. The third kappa shape index (κ3) is 3.22. The molecule has 0 bridgehead atoms. The van der Waals surface area contributed by atoms with Crippen LogP contribution in [-0.2, 0) is 0 Å². The minimum atomic E-state index is -0.280. The lowest BCUT2D eigenvalue weighted by Crippen LogP contribution is -2.05. The number of methoxy groups -OCH3 is 2. The summed E-state index contributed by atoms with van der Waals surface area (Å²) < 4.78 is 10.7. The molecule has 5 nitrogen and oxygen atoms in total. The summed E-state index contributed by atoms with van der Waals surface area (Å²) in [6.45, 7) is 3.91. The predicted molar refractivity (Wildman–Crippen MR) is 86.1 cm³/mol. The van der Waals surface area contributed by atoms with Gasteiger partial charge in [-0.3, -0.25) is 0 Å². The first-order valence-corrected chi connectivity index (χ1v) is 6.72. The van der Waals surface area contributed by atoms with Gasteiger partial charge in [0.2, 0.25) is 0 Å². The average Bonchev–Trinajstić information content (AvgIpc) is 2.56. The standard InChI is InChI=1S/C17H17N3O2/c1-12(19-20-18)17(13-7-5-4-6-8-13)15-10-9-14(21-2)11-16(15)22-3/h4-11,17H,1H2,2-3H3. The van der Waals surface area contributed by atoms with Crippen LogP contribution >= 0.6 is 0 Å². The largest absolute Gasteiger partial charge is 0.497 e. The molecule has 1 atom stereocenters. The van der Waals surface area contributed by atoms with Crippen molar-refractivity contribution in [2.75, 3.05) is 14.2 Å². The van der Waals surface area contributed by atoms with Crippen molar-refractivity contribution in [2.24, 2.45) is 5.11 Å². The number of rotatable bonds is 6. The lowest BCUT2D eigenvalue weighted by atomic mass is 9.88. The summed E-state index contributed by atoms with van der Waals surface area (Å²) in [5.41, 5.74) is 11.0. The second-order valence-corrected chi connectivity index (χ2v) is 4.63. The van der Waals surface area contributed by atoms with E-state index >= 15 is 0 Å². The molecule has 0 aliphatic heterocycles. The Balaban J connectivity index is 2.59. The molecule has 0 saturated carbocycles. The number of nitrogens with zero attached hydrogens (tertiary/aromatic N) is 3. The Morgan fingerprint density at radius 1 is 1.14 bits per heavy atom. The number of benzene rings is 2. The Kier molecular flexibility index (Phi) is 5.07. The lowest BCUT2D eigenvalue weighted by Gasteiger charge is -2.21. The highest BCUT2D eigenvalue weighted by Crippen LogP contribution is 2.38. The van der Waals surface area contributed by atoms with Gasteiger partial charge in [-0.05, 0) is 17.2 Å². The zero-order chi connectivity index (χ0) is 15.9. The highest BCUT2D eigenvalue weighted by molar-refractivity contribution is 5.50. The Bertz CT molecular complexity index is 707. The van der Waals surface area contributed by atoms with E-state index < -0.39 is 0 Å². The van der Waals surface area contributed by atoms with Crippen molar-refractivity contribution in [3.05, 3.63) is 82.4 Å². The van der Waals surface area contributed by atoms with E-state index in [2.05, 4.69) is 16.6 Å². The molecule has 0 N–H and O–H groups in total. The molecule has 0 amide bonds. The Morgan fingerprint density at radius 2 is 1.86 bits per heavy atom. The molecule has 1 unspecified atom stereocenters. The van der Waals surface area contributed by atoms with Crippen molar-refractivity contribution in [3.8, 4) is 11.5 Å². The van der Waals surface area contributed by atoms with Crippen LogP contribution in [0.25, 0.3) is 10.4 Å². The van der Waals surface area contributed by atoms with Gasteiger partial charge < -0.3 is 9.47 Å². The van der Waals surface area contributed by atoms with Crippen LogP contribution in [0, 0.1) is 0 Å². The van der Waals surface area contributed by atoms with Gasteiger partial charge in [0.15, 0.2) is 0 Å². The second-order valence-electron chi connectivity index (χ2n) is 4.63. The van der Waals surface area contributed by atoms with Crippen molar-refractivity contribution in [1.29, 1.82) is 0 Å². The van der Waals surface area contributed by atoms with E-state index in [1.807, 2.05) is 42.5 Å². The molecular weight excluding hydrogens is 278 g/mol. The molecule has 0 saturated heterocycles. The van der Waals surface area contributed by atoms with Crippen molar-refractivity contribution in [3.63, 3.8) is 0 Å². The third-order valence-electron chi connectivity index (χ3n) is 3.39. The molecule has 0 aliphatic carbocycles. The molecule has 5 heteroatoms. The van der Waals surface area contributed by atoms with E-state index in [1.54, 1.807) is 20.3 Å². The van der Waals surface area contributed by atoms with Crippen LogP contribution in [0.2, 0.25) is 0 Å². The molecule has 2 aromatic rings. The number of ether oxygens (including phenoxy) is 2. The third-order valence-corrected chi connectivity index (χ3v) is 3.39. The molecular formula is C17H17N3O2. The molecule has 112 valence electrons. The average molecular weight is 295 g/mol. The zero-order valence-corrected chi connectivity index (χ0v) is 12.6. The van der Waals surface area contributed by atoms with Crippen LogP contribution in [-0.4, -0.2) is 14.2 Å². The first-order valence-electron chi connectivity index (χ1n) is 6.72. The second kappa shape index (κ2) is 7.20. The Labute approximate surface area is 129 Å². The van der Waals surface area contributed by atoms with Gasteiger partial charge in [-0.25, -0.2) is 0 Å². The van der Waals surface area contributed by atoms with Crippen LogP contribution < -0.4 is 9.47 Å². The van der Waals surface area contributed by atoms with Crippen LogP contribution in [0.5, 0.6) is 11.5 Å². The summed E-state index contributed by atoms with van der Waals surface area (Å²) >= 11 is 0. The van der Waals surface area contributed by atoms with Crippen molar-refractivity contribution < 1.29 is 9.47 Å². The quantitative estimate of drug-likeness (QED) is 0.442. The molecule has 0 heterocycles. The highest BCUT2D eigenvalue weighted by atomic mass is 16.5. The van der Waals surface area contributed by atoms with E-state index in [4.69, 9.17) is 15.0 Å². The number of hydrogen-bond donors (Lipinski definition) is 0. The number of hydrogen-bond acceptors (Lipinski definition) is 3. The summed E-state index contributed by atoms with van der Waals surface area (Å²) in [4.78, 5) is 2.86. The molecule has 0 fully saturated rings. The smallest absolute Gasteiger partial charge is 0.126 e. The fraction of sp³-hybridized carbons (Fsp3) is 0.176. The molecule has 0 aromatic heterocycles. The van der Waals surface area contributed by atoms with E-state index in [0.717, 1.165) is 11.1 Å². The van der Waals surface area contributed by atoms with Crippen molar-refractivity contribution in [2.45, 2.75) is 5.92 Å². The number of azide groups is 1. The van der Waals surface area contributed by atoms with Crippen molar-refractivity contribution in [1.82, 2.24) is 0 Å². The van der Waals surface area contributed by atoms with Crippen molar-refractivity contribution >= 4 is 0 Å². The molecule has 2 aromatic carbocycles. The molecule has 2 rings (SSSR count). The van der Waals surface area contributed by atoms with Gasteiger partial charge in [0.1, 0.15) is 11.5 Å². The first-order chi connectivity index (χ1) is 10.7. The maximum absolute atomic E-state index is 8.73. The van der Waals surface area contributed by atoms with Gasteiger partial charge in [0, 0.05) is 28.2 Å². The highest BCUT2D eigenvalue weighted by Gasteiger charge is 2.21. The number of allylic oxidation sites excluding steroid dienone is 1. The topological polar surface area (TPSA) is 67.2 Å². The molecule has 0 aliphatic rings. The van der Waals surface area contributed by atoms with E-state index in [9.17, 15) is 0 Å². The molecule has 22 heavy (non-hydrogen) atoms. The zero-order valence-electron chi connectivity index (χ0n) is 12.6. The van der Waals surface area contributed by atoms with Gasteiger partial charge in [-0.1, -0.05) is 48.1 Å². The van der Waals surface area contributed by atoms with Crippen LogP contribution in [0.15, 0.2) is 65.9 Å². The summed E-state index contributed by atoms with van der Waals surface area (Å²) in [7, 11) is 3.19. The molecule has 0 radical (unpaired) electrons. The normalized spacial score (nSPS) is 11.2. The summed E-state index contributed by atoms with van der Waals surface area (Å²) in [5.74, 6) is 1.07. The van der Waals surface area contributed by atoms with E-state index in [0.29, 0.717) is 17.2 Å². The maximum Gasteiger partial charge on any atom is 0.126 e. The van der Waals surface area contributed by atoms with Crippen LogP contribution in [0.4, 0.5) is 0 Å². The van der Waals surface area contributed by atoms with Gasteiger partial charge >= 0.3 is 0 Å². The summed E-state index contributed by atoms with van der Waals surface area (Å²) in [6, 6.07) is 15.3. The van der Waals surface area contributed by atoms with Gasteiger partial charge in [-0.2, -0.15) is 0 Å². The fourth-order valence-electron chi connectivity index (χ4n) is 2.37. The van der Waals surface area contributed by atoms with Gasteiger partial charge in [-0.15, -0.1) is 0 Å². The Morgan fingerprint density at radius 3 is 2.45 bits per heavy atom. The van der Waals surface area contributed by atoms with E-state index in [1.165, 1.54) is 0 Å². The summed E-state index contributed by atoms with van der Waals surface area (Å²) in [5, 5.41) is 3.69. The van der Waals surface area contributed by atoms with Gasteiger partial charge in [0.05, 0.1) is 14.2 Å². The van der Waals surface area contributed by atoms with Crippen LogP contribution in [0.3, 0.4) is 0 Å². The monoisotopic (exact) mass is 295 g/mol. The first kappa shape index (κ1) is 15.5. The maximum atomic E-state index is 8.73. The lowest BCUT2D eigenvalue weighted by molar-refractivity contribution is 0.390. The predicted octanol–water partition coefficient (Wildman–Crippen LogP) is 4.66. The summed E-state index contributed by atoms with van der Waals surface area (Å²) in [6.07, 6.45) is 0. The minimum Gasteiger partial charge on any atom is -0.497 e. The van der Waals surface area contributed by atoms with Gasteiger partial charge in [0.25, 0.3) is 0 Å². The van der Waals surface area contributed by atoms with Crippen LogP contribution in [0.1, 0.15) is 17.0 Å². The minimum absolute atomic E-state index is 0.280. The SMILES string of the molecule is C=C(N=[N+]=[N-])C(c1ccccc1)c1ccc(OC)cc1OC. The molecule has 0 spiro atoms.